The summed E-state index contributed by atoms with van der Waals surface area (Å²) in [5.41, 5.74) is 3.53. The molecule has 1 aromatic rings. The van der Waals surface area contributed by atoms with Crippen LogP contribution in [0.4, 0.5) is 0 Å². The van der Waals surface area contributed by atoms with Crippen LogP contribution in [0.3, 0.4) is 0 Å². The molecule has 0 atom stereocenters. The highest BCUT2D eigenvalue weighted by molar-refractivity contribution is 6.30. The van der Waals surface area contributed by atoms with Crippen LogP contribution in [0.5, 0.6) is 0 Å². The van der Waals surface area contributed by atoms with Crippen molar-refractivity contribution in [3.63, 3.8) is 0 Å². The molecule has 0 saturated carbocycles. The van der Waals surface area contributed by atoms with E-state index in [4.69, 9.17) is 17.4 Å². The molecular formula is C10H14ClN3. The van der Waals surface area contributed by atoms with Crippen molar-refractivity contribution in [3.05, 3.63) is 34.9 Å². The van der Waals surface area contributed by atoms with Gasteiger partial charge in [0.05, 0.1) is 0 Å². The molecule has 14 heavy (non-hydrogen) atoms. The molecule has 0 aliphatic rings. The van der Waals surface area contributed by atoms with Crippen LogP contribution in [-0.4, -0.2) is 12.4 Å². The van der Waals surface area contributed by atoms with Gasteiger partial charge in [-0.15, -0.1) is 0 Å². The fraction of sp³-hybridized carbons (Fsp3) is 0.300. The Hall–Kier alpha value is -1.06. The third-order valence-electron chi connectivity index (χ3n) is 1.75. The number of aliphatic imine (C=N–C) groups is 1. The van der Waals surface area contributed by atoms with Crippen LogP contribution >= 0.6 is 11.6 Å². The first-order valence-electron chi connectivity index (χ1n) is 4.55. The lowest BCUT2D eigenvalue weighted by molar-refractivity contribution is 0.907. The number of hydrogen-bond acceptors (Lipinski definition) is 2. The van der Waals surface area contributed by atoms with Crippen molar-refractivity contribution >= 4 is 17.4 Å². The number of nitrogens with one attached hydrogen (secondary N) is 1. The van der Waals surface area contributed by atoms with E-state index in [2.05, 4.69) is 17.3 Å². The fourth-order valence-electron chi connectivity index (χ4n) is 1.05. The van der Waals surface area contributed by atoms with E-state index in [1.54, 1.807) is 0 Å². The van der Waals surface area contributed by atoms with E-state index in [1.807, 2.05) is 24.3 Å². The highest BCUT2D eigenvalue weighted by Gasteiger charge is 1.99. The summed E-state index contributed by atoms with van der Waals surface area (Å²) in [5.74, 6) is 6.07. The van der Waals surface area contributed by atoms with Crippen LogP contribution in [0.25, 0.3) is 0 Å². The van der Waals surface area contributed by atoms with Crippen molar-refractivity contribution < 1.29 is 0 Å². The highest BCUT2D eigenvalue weighted by Crippen LogP contribution is 2.09. The number of rotatable bonds is 3. The summed E-state index contributed by atoms with van der Waals surface area (Å²) in [6, 6.07) is 7.40. The summed E-state index contributed by atoms with van der Waals surface area (Å²) in [6.07, 6.45) is 0.999. The zero-order valence-corrected chi connectivity index (χ0v) is 8.88. The minimum atomic E-state index is 0.698. The van der Waals surface area contributed by atoms with Crippen LogP contribution in [0.2, 0.25) is 5.02 Å². The van der Waals surface area contributed by atoms with Gasteiger partial charge in [-0.2, -0.15) is 0 Å². The third kappa shape index (κ3) is 3.01. The molecule has 0 aliphatic carbocycles. The molecule has 0 saturated heterocycles. The molecule has 0 aliphatic heterocycles. The van der Waals surface area contributed by atoms with Crippen molar-refractivity contribution in [2.24, 2.45) is 10.8 Å². The first-order valence-corrected chi connectivity index (χ1v) is 4.92. The van der Waals surface area contributed by atoms with Crippen LogP contribution < -0.4 is 11.3 Å². The Morgan fingerprint density at radius 1 is 1.43 bits per heavy atom. The van der Waals surface area contributed by atoms with E-state index in [9.17, 15) is 0 Å². The predicted octanol–water partition coefficient (Wildman–Crippen LogP) is 1.96. The molecule has 3 N–H and O–H groups in total. The van der Waals surface area contributed by atoms with Crippen LogP contribution in [-0.2, 0) is 0 Å². The van der Waals surface area contributed by atoms with Gasteiger partial charge in [-0.1, -0.05) is 18.5 Å². The molecule has 0 aromatic heterocycles. The van der Waals surface area contributed by atoms with E-state index < -0.39 is 0 Å². The molecular weight excluding hydrogens is 198 g/mol. The Morgan fingerprint density at radius 3 is 2.57 bits per heavy atom. The fourth-order valence-corrected chi connectivity index (χ4v) is 1.18. The standard InChI is InChI=1S/C10H14ClN3/c1-2-7-13-10(14-12)8-3-5-9(11)6-4-8/h3-6H,2,7,12H2,1H3,(H,13,14). The number of hydrogen-bond donors (Lipinski definition) is 2. The van der Waals surface area contributed by atoms with E-state index in [0.29, 0.717) is 10.9 Å². The molecule has 0 amide bonds. The molecule has 0 spiro atoms. The quantitative estimate of drug-likeness (QED) is 0.348. The zero-order chi connectivity index (χ0) is 10.4. The number of halogens is 1. The van der Waals surface area contributed by atoms with Gasteiger partial charge in [0.1, 0.15) is 5.84 Å². The third-order valence-corrected chi connectivity index (χ3v) is 2.00. The van der Waals surface area contributed by atoms with Crippen molar-refractivity contribution in [3.8, 4) is 0 Å². The number of nitrogens with two attached hydrogens (primary N) is 1. The van der Waals surface area contributed by atoms with E-state index in [0.717, 1.165) is 18.5 Å². The van der Waals surface area contributed by atoms with E-state index in [-0.39, 0.29) is 0 Å². The second-order valence-electron chi connectivity index (χ2n) is 2.88. The molecule has 76 valence electrons. The van der Waals surface area contributed by atoms with Crippen LogP contribution in [0.15, 0.2) is 29.3 Å². The second kappa shape index (κ2) is 5.62. The molecule has 0 fully saturated rings. The average Bonchev–Trinajstić information content (AvgIpc) is 2.21. The van der Waals surface area contributed by atoms with Gasteiger partial charge >= 0.3 is 0 Å². The SMILES string of the molecule is CCCN=C(NN)c1ccc(Cl)cc1. The smallest absolute Gasteiger partial charge is 0.142 e. The van der Waals surface area contributed by atoms with Gasteiger partial charge < -0.3 is 5.43 Å². The topological polar surface area (TPSA) is 50.4 Å². The van der Waals surface area contributed by atoms with Gasteiger partial charge in [-0.25, -0.2) is 5.84 Å². The maximum absolute atomic E-state index is 5.77. The molecule has 1 aromatic carbocycles. The largest absolute Gasteiger partial charge is 0.308 e. The second-order valence-corrected chi connectivity index (χ2v) is 3.32. The normalized spacial score (nSPS) is 11.5. The van der Waals surface area contributed by atoms with Gasteiger partial charge in [-0.05, 0) is 30.7 Å². The maximum atomic E-state index is 5.77. The molecule has 4 heteroatoms. The van der Waals surface area contributed by atoms with Crippen molar-refractivity contribution in [1.29, 1.82) is 0 Å². The summed E-state index contributed by atoms with van der Waals surface area (Å²) < 4.78 is 0. The molecule has 0 heterocycles. The Morgan fingerprint density at radius 2 is 2.07 bits per heavy atom. The number of nitrogens with zero attached hydrogens (tertiary/aromatic N) is 1. The van der Waals surface area contributed by atoms with Gasteiger partial charge in [-0.3, -0.25) is 4.99 Å². The zero-order valence-electron chi connectivity index (χ0n) is 8.13. The monoisotopic (exact) mass is 211 g/mol. The molecule has 0 radical (unpaired) electrons. The average molecular weight is 212 g/mol. The van der Waals surface area contributed by atoms with Crippen molar-refractivity contribution in [2.75, 3.05) is 6.54 Å². The van der Waals surface area contributed by atoms with Crippen LogP contribution in [0, 0.1) is 0 Å². The Labute approximate surface area is 88.9 Å². The summed E-state index contributed by atoms with van der Waals surface area (Å²) >= 11 is 5.77. The minimum Gasteiger partial charge on any atom is -0.308 e. The summed E-state index contributed by atoms with van der Waals surface area (Å²) in [6.45, 7) is 2.83. The Kier molecular flexibility index (Phi) is 4.43. The van der Waals surface area contributed by atoms with E-state index in [1.165, 1.54) is 0 Å². The Bertz CT molecular complexity index is 306. The first kappa shape index (κ1) is 11.0. The lowest BCUT2D eigenvalue weighted by Crippen LogP contribution is -2.31. The number of benzene rings is 1. The van der Waals surface area contributed by atoms with Crippen LogP contribution in [0.1, 0.15) is 18.9 Å². The maximum Gasteiger partial charge on any atom is 0.142 e. The van der Waals surface area contributed by atoms with Gasteiger partial charge in [0.25, 0.3) is 0 Å². The molecule has 0 bridgehead atoms. The summed E-state index contributed by atoms with van der Waals surface area (Å²) in [4.78, 5) is 4.30. The Balaban J connectivity index is 2.84. The summed E-state index contributed by atoms with van der Waals surface area (Å²) in [7, 11) is 0. The number of amidine groups is 1. The predicted molar refractivity (Wildman–Crippen MR) is 60.5 cm³/mol. The lowest BCUT2D eigenvalue weighted by atomic mass is 10.2. The van der Waals surface area contributed by atoms with Gasteiger partial charge in [0, 0.05) is 17.1 Å². The minimum absolute atomic E-state index is 0.698. The molecule has 0 unspecified atom stereocenters. The first-order chi connectivity index (χ1) is 6.77. The highest BCUT2D eigenvalue weighted by atomic mass is 35.5. The van der Waals surface area contributed by atoms with Gasteiger partial charge in [0.15, 0.2) is 0 Å². The molecule has 1 rings (SSSR count). The van der Waals surface area contributed by atoms with Gasteiger partial charge in [0.2, 0.25) is 0 Å². The number of hydrazine groups is 1. The van der Waals surface area contributed by atoms with Crippen molar-refractivity contribution in [2.45, 2.75) is 13.3 Å². The lowest BCUT2D eigenvalue weighted by Gasteiger charge is -2.05. The van der Waals surface area contributed by atoms with E-state index >= 15 is 0 Å². The van der Waals surface area contributed by atoms with Crippen molar-refractivity contribution in [1.82, 2.24) is 5.43 Å². The molecule has 3 nitrogen and oxygen atoms in total. The summed E-state index contributed by atoms with van der Waals surface area (Å²) in [5, 5.41) is 0.709.